The van der Waals surface area contributed by atoms with Gasteiger partial charge in [-0.25, -0.2) is 4.79 Å². The molecule has 150 valence electrons. The number of hydrogen-bond donors (Lipinski definition) is 2. The van der Waals surface area contributed by atoms with Gasteiger partial charge in [-0.15, -0.1) is 0 Å². The molecule has 4 heteroatoms. The Kier molecular flexibility index (Phi) is 3.92. The lowest BCUT2D eigenvalue weighted by molar-refractivity contribution is -0.208. The predicted molar refractivity (Wildman–Crippen MR) is 102 cm³/mol. The molecular formula is C23H34O4. The normalized spacial score (nSPS) is 54.6. The Morgan fingerprint density at radius 3 is 2.59 bits per heavy atom. The summed E-state index contributed by atoms with van der Waals surface area (Å²) in [7, 11) is 0. The van der Waals surface area contributed by atoms with Gasteiger partial charge in [-0.2, -0.15) is 0 Å². The van der Waals surface area contributed by atoms with Crippen LogP contribution in [0.4, 0.5) is 0 Å². The van der Waals surface area contributed by atoms with E-state index in [1.54, 1.807) is 6.08 Å². The van der Waals surface area contributed by atoms with Crippen LogP contribution < -0.4 is 0 Å². The van der Waals surface area contributed by atoms with E-state index in [4.69, 9.17) is 4.74 Å². The highest BCUT2D eigenvalue weighted by Crippen LogP contribution is 2.69. The lowest BCUT2D eigenvalue weighted by atomic mass is 9.43. The number of carbonyl (C=O) groups excluding carboxylic acids is 1. The number of ether oxygens (including phenoxy) is 1. The van der Waals surface area contributed by atoms with Gasteiger partial charge < -0.3 is 14.9 Å². The summed E-state index contributed by atoms with van der Waals surface area (Å²) in [4.78, 5) is 11.6. The van der Waals surface area contributed by atoms with Crippen LogP contribution in [0.2, 0.25) is 0 Å². The Balaban J connectivity index is 1.47. The Morgan fingerprint density at radius 1 is 1.04 bits per heavy atom. The van der Waals surface area contributed by atoms with E-state index < -0.39 is 5.60 Å². The molecule has 0 aromatic carbocycles. The lowest BCUT2D eigenvalue weighted by Gasteiger charge is -2.63. The van der Waals surface area contributed by atoms with Crippen molar-refractivity contribution >= 4 is 5.97 Å². The van der Waals surface area contributed by atoms with E-state index in [9.17, 15) is 15.0 Å². The molecule has 0 aromatic rings. The van der Waals surface area contributed by atoms with Crippen molar-refractivity contribution in [3.05, 3.63) is 11.6 Å². The molecule has 0 aromatic heterocycles. The first kappa shape index (κ1) is 18.2. The summed E-state index contributed by atoms with van der Waals surface area (Å²) in [5.74, 6) is 1.59. The van der Waals surface area contributed by atoms with Gasteiger partial charge in [-0.05, 0) is 92.4 Å². The molecular weight excluding hydrogens is 340 g/mol. The number of fused-ring (bicyclic) bond motifs is 5. The lowest BCUT2D eigenvalue weighted by Crippen LogP contribution is -2.62. The van der Waals surface area contributed by atoms with Crippen molar-refractivity contribution in [3.8, 4) is 0 Å². The van der Waals surface area contributed by atoms with Crippen molar-refractivity contribution < 1.29 is 19.7 Å². The van der Waals surface area contributed by atoms with Crippen LogP contribution >= 0.6 is 0 Å². The van der Waals surface area contributed by atoms with Crippen LogP contribution in [-0.2, 0) is 9.53 Å². The van der Waals surface area contributed by atoms with Gasteiger partial charge in [0.15, 0.2) is 0 Å². The summed E-state index contributed by atoms with van der Waals surface area (Å²) in [6.07, 6.45) is 10.8. The SMILES string of the molecule is C[C@]12CC[C@@H](O)C[C@@H]1CC[C@@H]1[C@@H]2CC[C@]2(C)[C@H](C3=CC(=O)OC3)CC[C@@]12O. The van der Waals surface area contributed by atoms with Crippen molar-refractivity contribution in [1.29, 1.82) is 0 Å². The van der Waals surface area contributed by atoms with Crippen LogP contribution in [0, 0.1) is 34.5 Å². The third-order valence-electron chi connectivity index (χ3n) is 9.96. The summed E-state index contributed by atoms with van der Waals surface area (Å²) >= 11 is 0. The number of esters is 1. The van der Waals surface area contributed by atoms with E-state index in [1.165, 1.54) is 6.42 Å². The smallest absolute Gasteiger partial charge is 0.331 e. The molecule has 0 spiro atoms. The first-order valence-electron chi connectivity index (χ1n) is 11.1. The van der Waals surface area contributed by atoms with Crippen molar-refractivity contribution in [2.75, 3.05) is 6.61 Å². The molecule has 4 aliphatic carbocycles. The maximum absolute atomic E-state index is 12.1. The van der Waals surface area contributed by atoms with Crippen molar-refractivity contribution in [2.45, 2.75) is 83.3 Å². The molecule has 0 saturated heterocycles. The molecule has 5 rings (SSSR count). The second-order valence-corrected chi connectivity index (χ2v) is 10.7. The molecule has 4 nitrogen and oxygen atoms in total. The molecule has 27 heavy (non-hydrogen) atoms. The Morgan fingerprint density at radius 2 is 1.85 bits per heavy atom. The average molecular weight is 375 g/mol. The van der Waals surface area contributed by atoms with E-state index >= 15 is 0 Å². The quantitative estimate of drug-likeness (QED) is 0.688. The first-order valence-corrected chi connectivity index (χ1v) is 11.1. The molecule has 4 fully saturated rings. The number of rotatable bonds is 1. The third kappa shape index (κ3) is 2.32. The fraction of sp³-hybridized carbons (Fsp3) is 0.870. The minimum atomic E-state index is -0.628. The standard InChI is InChI=1S/C23H34O4/c1-21-8-5-16(24)12-15(21)3-4-19-18(21)6-9-22(2)17(7-10-23(19,22)26)14-11-20(25)27-13-14/h11,15-19,24,26H,3-10,12-13H2,1-2H3/t15-,16+,17-,18-,19+,21-,22+,23+/m0/s1. The van der Waals surface area contributed by atoms with Crippen LogP contribution in [0.15, 0.2) is 11.6 Å². The van der Waals surface area contributed by atoms with Gasteiger partial charge >= 0.3 is 5.97 Å². The first-order chi connectivity index (χ1) is 12.8. The number of aliphatic hydroxyl groups excluding tert-OH is 1. The summed E-state index contributed by atoms with van der Waals surface area (Å²) in [6, 6.07) is 0. The van der Waals surface area contributed by atoms with Gasteiger partial charge in [-0.1, -0.05) is 13.8 Å². The van der Waals surface area contributed by atoms with Gasteiger partial charge in [0.25, 0.3) is 0 Å². The Labute approximate surface area is 162 Å². The van der Waals surface area contributed by atoms with Crippen molar-refractivity contribution in [2.24, 2.45) is 34.5 Å². The van der Waals surface area contributed by atoms with Crippen molar-refractivity contribution in [1.82, 2.24) is 0 Å². The molecule has 4 saturated carbocycles. The van der Waals surface area contributed by atoms with E-state index in [2.05, 4.69) is 13.8 Å². The molecule has 8 atom stereocenters. The van der Waals surface area contributed by atoms with Crippen LogP contribution in [-0.4, -0.2) is 34.5 Å². The number of hydrogen-bond acceptors (Lipinski definition) is 4. The van der Waals surface area contributed by atoms with Crippen LogP contribution in [0.5, 0.6) is 0 Å². The third-order valence-corrected chi connectivity index (χ3v) is 9.96. The highest BCUT2D eigenvalue weighted by molar-refractivity contribution is 5.85. The van der Waals surface area contributed by atoms with E-state index in [0.717, 1.165) is 56.9 Å². The maximum Gasteiger partial charge on any atom is 0.331 e. The van der Waals surface area contributed by atoms with Gasteiger partial charge in [-0.3, -0.25) is 0 Å². The zero-order valence-corrected chi connectivity index (χ0v) is 16.7. The molecule has 5 aliphatic rings. The molecule has 0 amide bonds. The summed E-state index contributed by atoms with van der Waals surface area (Å²) in [6.45, 7) is 5.15. The molecule has 1 heterocycles. The van der Waals surface area contributed by atoms with Crippen LogP contribution in [0.1, 0.15) is 71.6 Å². The zero-order chi connectivity index (χ0) is 19.0. The second-order valence-electron chi connectivity index (χ2n) is 10.7. The largest absolute Gasteiger partial charge is 0.458 e. The highest BCUT2D eigenvalue weighted by atomic mass is 16.5. The predicted octanol–water partition coefficient (Wildman–Crippen LogP) is 3.60. The number of carbonyl (C=O) groups is 1. The van der Waals surface area contributed by atoms with Crippen LogP contribution in [0.25, 0.3) is 0 Å². The average Bonchev–Trinajstić information content (AvgIpc) is 3.16. The van der Waals surface area contributed by atoms with Gasteiger partial charge in [0.2, 0.25) is 0 Å². The fourth-order valence-corrected chi connectivity index (χ4v) is 8.39. The van der Waals surface area contributed by atoms with E-state index in [-0.39, 0.29) is 28.8 Å². The topological polar surface area (TPSA) is 66.8 Å². The van der Waals surface area contributed by atoms with Crippen LogP contribution in [0.3, 0.4) is 0 Å². The summed E-state index contributed by atoms with van der Waals surface area (Å²) < 4.78 is 5.20. The molecule has 0 unspecified atom stereocenters. The number of cyclic esters (lactones) is 1. The fourth-order valence-electron chi connectivity index (χ4n) is 8.39. The summed E-state index contributed by atoms with van der Waals surface area (Å²) in [5, 5.41) is 22.3. The minimum absolute atomic E-state index is 0.126. The maximum atomic E-state index is 12.1. The Hall–Kier alpha value is -0.870. The summed E-state index contributed by atoms with van der Waals surface area (Å²) in [5.41, 5.74) is 0.600. The van der Waals surface area contributed by atoms with Gasteiger partial charge in [0.1, 0.15) is 6.61 Å². The minimum Gasteiger partial charge on any atom is -0.458 e. The monoisotopic (exact) mass is 374 g/mol. The zero-order valence-electron chi connectivity index (χ0n) is 16.7. The molecule has 2 N–H and O–H groups in total. The molecule has 0 bridgehead atoms. The van der Waals surface area contributed by atoms with Gasteiger partial charge in [0.05, 0.1) is 11.7 Å². The Bertz CT molecular complexity index is 686. The second kappa shape index (κ2) is 5.82. The molecule has 1 aliphatic heterocycles. The number of aliphatic hydroxyl groups is 2. The molecule has 0 radical (unpaired) electrons. The van der Waals surface area contributed by atoms with E-state index in [0.29, 0.717) is 24.4 Å². The highest BCUT2D eigenvalue weighted by Gasteiger charge is 2.67. The van der Waals surface area contributed by atoms with E-state index in [1.807, 2.05) is 0 Å². The van der Waals surface area contributed by atoms with Crippen molar-refractivity contribution in [3.63, 3.8) is 0 Å². The van der Waals surface area contributed by atoms with Gasteiger partial charge in [0, 0.05) is 11.5 Å².